The molecule has 1 unspecified atom stereocenters. The summed E-state index contributed by atoms with van der Waals surface area (Å²) in [5, 5.41) is 3.81. The molecule has 0 fully saturated rings. The molecule has 0 radical (unpaired) electrons. The summed E-state index contributed by atoms with van der Waals surface area (Å²) in [4.78, 5) is 4.17. The molecule has 2 N–H and O–H groups in total. The van der Waals surface area contributed by atoms with Crippen LogP contribution in [0.2, 0.25) is 0 Å². The van der Waals surface area contributed by atoms with Crippen LogP contribution in [0.5, 0.6) is 0 Å². The molecule has 84 valence electrons. The van der Waals surface area contributed by atoms with E-state index < -0.39 is 0 Å². The third-order valence-electron chi connectivity index (χ3n) is 1.90. The summed E-state index contributed by atoms with van der Waals surface area (Å²) in [5.41, 5.74) is 5.77. The van der Waals surface area contributed by atoms with Gasteiger partial charge in [-0.05, 0) is 13.3 Å². The first-order valence-electron chi connectivity index (χ1n) is 5.04. The lowest BCUT2D eigenvalue weighted by Gasteiger charge is -2.00. The van der Waals surface area contributed by atoms with E-state index in [1.165, 1.54) is 0 Å². The molecule has 0 saturated heterocycles. The number of nitrogens with zero attached hydrogens (tertiary/aromatic N) is 2. The third kappa shape index (κ3) is 3.81. The molecule has 1 rings (SSSR count). The molecule has 5 heteroatoms. The van der Waals surface area contributed by atoms with Crippen LogP contribution >= 0.6 is 0 Å². The van der Waals surface area contributed by atoms with Gasteiger partial charge in [0, 0.05) is 13.0 Å². The van der Waals surface area contributed by atoms with E-state index in [9.17, 15) is 0 Å². The van der Waals surface area contributed by atoms with Gasteiger partial charge in [-0.2, -0.15) is 4.98 Å². The lowest BCUT2D eigenvalue weighted by molar-refractivity contribution is 0.149. The van der Waals surface area contributed by atoms with Crippen molar-refractivity contribution >= 4 is 0 Å². The summed E-state index contributed by atoms with van der Waals surface area (Å²) in [6.07, 6.45) is 3.01. The molecule has 1 aromatic heterocycles. The van der Waals surface area contributed by atoms with Crippen LogP contribution in [0.1, 0.15) is 31.1 Å². The van der Waals surface area contributed by atoms with Gasteiger partial charge in [-0.3, -0.25) is 0 Å². The van der Waals surface area contributed by atoms with E-state index in [2.05, 4.69) is 16.7 Å². The number of aromatic nitrogens is 2. The quantitative estimate of drug-likeness (QED) is 0.542. The first-order chi connectivity index (χ1) is 7.27. The number of hydrogen-bond donors (Lipinski definition) is 1. The fourth-order valence-electron chi connectivity index (χ4n) is 1.11. The largest absolute Gasteiger partial charge is 0.381 e. The van der Waals surface area contributed by atoms with Gasteiger partial charge < -0.3 is 15.0 Å². The van der Waals surface area contributed by atoms with Crippen molar-refractivity contribution in [1.82, 2.24) is 10.1 Å². The van der Waals surface area contributed by atoms with Crippen molar-refractivity contribution in [2.24, 2.45) is 5.73 Å². The zero-order valence-corrected chi connectivity index (χ0v) is 8.98. The lowest BCUT2D eigenvalue weighted by Crippen LogP contribution is -2.09. The van der Waals surface area contributed by atoms with E-state index >= 15 is 0 Å². The minimum Gasteiger partial charge on any atom is -0.381 e. The van der Waals surface area contributed by atoms with Crippen molar-refractivity contribution in [2.75, 3.05) is 13.2 Å². The summed E-state index contributed by atoms with van der Waals surface area (Å²) >= 11 is 0. The molecule has 5 nitrogen and oxygen atoms in total. The average molecular weight is 211 g/mol. The van der Waals surface area contributed by atoms with E-state index in [4.69, 9.17) is 15.0 Å². The van der Waals surface area contributed by atoms with Crippen LogP contribution in [0.25, 0.3) is 0 Å². The Morgan fingerprint density at radius 3 is 3.13 bits per heavy atom. The Morgan fingerprint density at radius 1 is 1.67 bits per heavy atom. The van der Waals surface area contributed by atoms with E-state index in [-0.39, 0.29) is 6.04 Å². The van der Waals surface area contributed by atoms with Gasteiger partial charge in [-0.1, -0.05) is 11.2 Å². The van der Waals surface area contributed by atoms with Crippen LogP contribution in [0.4, 0.5) is 0 Å². The number of nitrogens with two attached hydrogens (primary N) is 1. The summed E-state index contributed by atoms with van der Waals surface area (Å²) < 4.78 is 10.2. The molecule has 0 amide bonds. The first-order valence-corrected chi connectivity index (χ1v) is 5.04. The zero-order chi connectivity index (χ0) is 11.1. The van der Waals surface area contributed by atoms with Crippen molar-refractivity contribution < 1.29 is 9.26 Å². The summed E-state index contributed by atoms with van der Waals surface area (Å²) in [6.45, 7) is 6.85. The molecule has 1 atom stereocenters. The summed E-state index contributed by atoms with van der Waals surface area (Å²) in [6, 6.07) is -0.254. The highest BCUT2D eigenvalue weighted by Crippen LogP contribution is 2.11. The van der Waals surface area contributed by atoms with Crippen LogP contribution in [-0.2, 0) is 11.2 Å². The standard InChI is InChI=1S/C10H17N3O2/c1-3-5-8(11)10-12-9(13-15-10)6-7-14-4-2/h3,8H,1,4-7,11H2,2H3. The molecule has 0 bridgehead atoms. The van der Waals surface area contributed by atoms with Gasteiger partial charge in [0.1, 0.15) is 0 Å². The Morgan fingerprint density at radius 2 is 2.47 bits per heavy atom. The highest BCUT2D eigenvalue weighted by Gasteiger charge is 2.12. The average Bonchev–Trinajstić information content (AvgIpc) is 2.67. The Bertz CT molecular complexity index is 299. The van der Waals surface area contributed by atoms with Crippen molar-refractivity contribution in [3.63, 3.8) is 0 Å². The molecule has 0 aliphatic carbocycles. The van der Waals surface area contributed by atoms with E-state index in [0.29, 0.717) is 37.8 Å². The van der Waals surface area contributed by atoms with Crippen molar-refractivity contribution in [1.29, 1.82) is 0 Å². The van der Waals surface area contributed by atoms with Crippen LogP contribution < -0.4 is 5.73 Å². The smallest absolute Gasteiger partial charge is 0.243 e. The summed E-state index contributed by atoms with van der Waals surface area (Å²) in [7, 11) is 0. The zero-order valence-electron chi connectivity index (χ0n) is 8.98. The first kappa shape index (κ1) is 11.9. The maximum Gasteiger partial charge on any atom is 0.243 e. The van der Waals surface area contributed by atoms with Gasteiger partial charge in [0.05, 0.1) is 12.6 Å². The molecule has 1 aromatic rings. The highest BCUT2D eigenvalue weighted by atomic mass is 16.5. The number of rotatable bonds is 7. The van der Waals surface area contributed by atoms with Crippen molar-refractivity contribution in [3.05, 3.63) is 24.4 Å². The van der Waals surface area contributed by atoms with E-state index in [0.717, 1.165) is 0 Å². The van der Waals surface area contributed by atoms with Gasteiger partial charge in [0.15, 0.2) is 5.82 Å². The second-order valence-electron chi connectivity index (χ2n) is 3.13. The monoisotopic (exact) mass is 211 g/mol. The normalized spacial score (nSPS) is 12.7. The predicted molar refractivity (Wildman–Crippen MR) is 56.2 cm³/mol. The molecular formula is C10H17N3O2. The van der Waals surface area contributed by atoms with Crippen molar-refractivity contribution in [3.8, 4) is 0 Å². The summed E-state index contributed by atoms with van der Waals surface area (Å²) in [5.74, 6) is 1.10. The highest BCUT2D eigenvalue weighted by molar-refractivity contribution is 4.94. The Labute approximate surface area is 89.3 Å². The maximum atomic E-state index is 5.77. The molecule has 0 aromatic carbocycles. The SMILES string of the molecule is C=CCC(N)c1nc(CCOCC)no1. The van der Waals surface area contributed by atoms with E-state index in [1.54, 1.807) is 6.08 Å². The Hall–Kier alpha value is -1.20. The van der Waals surface area contributed by atoms with Gasteiger partial charge >= 0.3 is 0 Å². The topological polar surface area (TPSA) is 74.2 Å². The Kier molecular flexibility index (Phi) is 5.00. The molecular weight excluding hydrogens is 194 g/mol. The molecule has 0 aliphatic rings. The van der Waals surface area contributed by atoms with Gasteiger partial charge in [0.25, 0.3) is 0 Å². The van der Waals surface area contributed by atoms with Gasteiger partial charge in [0.2, 0.25) is 5.89 Å². The fraction of sp³-hybridized carbons (Fsp3) is 0.600. The number of hydrogen-bond acceptors (Lipinski definition) is 5. The van der Waals surface area contributed by atoms with Crippen LogP contribution in [0.15, 0.2) is 17.2 Å². The predicted octanol–water partition coefficient (Wildman–Crippen LogP) is 1.22. The molecule has 0 aliphatic heterocycles. The van der Waals surface area contributed by atoms with Crippen molar-refractivity contribution in [2.45, 2.75) is 25.8 Å². The lowest BCUT2D eigenvalue weighted by atomic mass is 10.2. The fourth-order valence-corrected chi connectivity index (χ4v) is 1.11. The Balaban J connectivity index is 2.44. The molecule has 15 heavy (non-hydrogen) atoms. The van der Waals surface area contributed by atoms with Crippen LogP contribution in [0.3, 0.4) is 0 Å². The van der Waals surface area contributed by atoms with Crippen LogP contribution in [-0.4, -0.2) is 23.4 Å². The molecule has 0 saturated carbocycles. The van der Waals surface area contributed by atoms with Gasteiger partial charge in [-0.15, -0.1) is 6.58 Å². The molecule has 1 heterocycles. The van der Waals surface area contributed by atoms with Crippen LogP contribution in [0, 0.1) is 0 Å². The maximum absolute atomic E-state index is 5.77. The second-order valence-corrected chi connectivity index (χ2v) is 3.13. The molecule has 0 spiro atoms. The second kappa shape index (κ2) is 6.31. The van der Waals surface area contributed by atoms with E-state index in [1.807, 2.05) is 6.92 Å². The number of ether oxygens (including phenoxy) is 1. The minimum atomic E-state index is -0.254. The third-order valence-corrected chi connectivity index (χ3v) is 1.90. The van der Waals surface area contributed by atoms with Gasteiger partial charge in [-0.25, -0.2) is 0 Å². The minimum absolute atomic E-state index is 0.254.